The van der Waals surface area contributed by atoms with Crippen LogP contribution in [0.3, 0.4) is 0 Å². The number of hydrogen-bond acceptors (Lipinski definition) is 4. The average molecular weight is 413 g/mol. The van der Waals surface area contributed by atoms with Crippen molar-refractivity contribution in [2.75, 3.05) is 13.1 Å². The number of ether oxygens (including phenoxy) is 1. The van der Waals surface area contributed by atoms with Gasteiger partial charge in [0.05, 0.1) is 28.7 Å². The smallest absolute Gasteiger partial charge is 0.303 e. The van der Waals surface area contributed by atoms with Crippen molar-refractivity contribution in [1.82, 2.24) is 10.6 Å². The molecule has 0 spiro atoms. The summed E-state index contributed by atoms with van der Waals surface area (Å²) in [5, 5.41) is 15.2. The van der Waals surface area contributed by atoms with Gasteiger partial charge >= 0.3 is 5.97 Å². The van der Waals surface area contributed by atoms with Crippen LogP contribution in [0.25, 0.3) is 0 Å². The van der Waals surface area contributed by atoms with Crippen LogP contribution in [0.2, 0.25) is 0 Å². The highest BCUT2D eigenvalue weighted by Gasteiger charge is 2.47. The summed E-state index contributed by atoms with van der Waals surface area (Å²) in [6, 6.07) is 0. The average Bonchev–Trinajstić information content (AvgIpc) is 3.22. The predicted molar refractivity (Wildman–Crippen MR) is 116 cm³/mol. The Balaban J connectivity index is 1.68. The molecule has 152 valence electrons. The number of allylic oxidation sites excluding steroid dienone is 1. The third-order valence-electron chi connectivity index (χ3n) is 5.54. The van der Waals surface area contributed by atoms with Crippen LogP contribution in [0.5, 0.6) is 0 Å². The minimum Gasteiger partial charge on any atom is -0.481 e. The largest absolute Gasteiger partial charge is 0.481 e. The Morgan fingerprint density at radius 1 is 1.11 bits per heavy atom. The lowest BCUT2D eigenvalue weighted by atomic mass is 9.76. The van der Waals surface area contributed by atoms with Gasteiger partial charge in [-0.3, -0.25) is 4.79 Å². The van der Waals surface area contributed by atoms with Gasteiger partial charge in [0.1, 0.15) is 0 Å². The van der Waals surface area contributed by atoms with E-state index in [1.807, 2.05) is 19.1 Å². The minimum atomic E-state index is -0.695. The van der Waals surface area contributed by atoms with Crippen molar-refractivity contribution in [3.63, 3.8) is 0 Å². The summed E-state index contributed by atoms with van der Waals surface area (Å²) in [6.45, 7) is 3.36. The van der Waals surface area contributed by atoms with E-state index < -0.39 is 5.97 Å². The van der Waals surface area contributed by atoms with Gasteiger partial charge in [-0.1, -0.05) is 49.8 Å². The van der Waals surface area contributed by atoms with E-state index in [4.69, 9.17) is 34.3 Å². The zero-order valence-corrected chi connectivity index (χ0v) is 17.7. The number of unbranched alkanes of at least 4 members (excludes halogenated alkanes) is 3. The lowest BCUT2D eigenvalue weighted by Crippen LogP contribution is -2.41. The number of aliphatic carboxylic acids is 1. The standard InChI is InChI=1S/C20H32N2O3S2/c1-2-7-18(26)22-13-19(27)21-12-15-14(16-10-11-17(15)25-16)8-5-3-4-6-9-20(23)24/h2,7,14-17H,3-6,8-13H2,1H3,(H,21,27)(H,22,26)(H,23,24). The second-order valence-corrected chi connectivity index (χ2v) is 8.42. The Bertz CT molecular complexity index is 553. The molecule has 2 rings (SSSR count). The lowest BCUT2D eigenvalue weighted by Gasteiger charge is -2.28. The van der Waals surface area contributed by atoms with Gasteiger partial charge in [-0.05, 0) is 44.6 Å². The third kappa shape index (κ3) is 7.47. The van der Waals surface area contributed by atoms with Crippen LogP contribution < -0.4 is 10.6 Å². The Morgan fingerprint density at radius 3 is 2.52 bits per heavy atom. The van der Waals surface area contributed by atoms with Crippen molar-refractivity contribution >= 4 is 40.4 Å². The number of rotatable bonds is 12. The van der Waals surface area contributed by atoms with Crippen LogP contribution in [-0.4, -0.2) is 46.4 Å². The molecule has 2 fully saturated rings. The van der Waals surface area contributed by atoms with Crippen LogP contribution in [0.4, 0.5) is 0 Å². The number of carboxylic acid groups (broad SMARTS) is 1. The van der Waals surface area contributed by atoms with Gasteiger partial charge in [0.15, 0.2) is 0 Å². The maximum atomic E-state index is 10.6. The Morgan fingerprint density at radius 2 is 1.81 bits per heavy atom. The molecule has 3 N–H and O–H groups in total. The second-order valence-electron chi connectivity index (χ2n) is 7.49. The van der Waals surface area contributed by atoms with Gasteiger partial charge in [-0.25, -0.2) is 0 Å². The van der Waals surface area contributed by atoms with Crippen molar-refractivity contribution < 1.29 is 14.6 Å². The molecule has 0 radical (unpaired) electrons. The summed E-state index contributed by atoms with van der Waals surface area (Å²) in [6.07, 6.45) is 12.3. The van der Waals surface area contributed by atoms with Crippen molar-refractivity contribution in [3.05, 3.63) is 12.2 Å². The summed E-state index contributed by atoms with van der Waals surface area (Å²) in [4.78, 5) is 12.1. The summed E-state index contributed by atoms with van der Waals surface area (Å²) in [5.41, 5.74) is 0. The van der Waals surface area contributed by atoms with Crippen LogP contribution >= 0.6 is 24.4 Å². The first-order valence-corrected chi connectivity index (χ1v) is 10.9. The van der Waals surface area contributed by atoms with Crippen molar-refractivity contribution in [2.24, 2.45) is 11.8 Å². The number of thiocarbonyl (C=S) groups is 2. The topological polar surface area (TPSA) is 70.6 Å². The maximum absolute atomic E-state index is 10.6. The highest BCUT2D eigenvalue weighted by atomic mass is 32.1. The summed E-state index contributed by atoms with van der Waals surface area (Å²) in [5.74, 6) is 0.415. The van der Waals surface area contributed by atoms with E-state index in [9.17, 15) is 4.79 Å². The van der Waals surface area contributed by atoms with E-state index in [2.05, 4.69) is 10.6 Å². The van der Waals surface area contributed by atoms with Crippen LogP contribution in [-0.2, 0) is 9.53 Å². The molecule has 0 saturated carbocycles. The van der Waals surface area contributed by atoms with Crippen molar-refractivity contribution in [2.45, 2.75) is 70.5 Å². The quantitative estimate of drug-likeness (QED) is 0.257. The van der Waals surface area contributed by atoms with E-state index in [1.54, 1.807) is 0 Å². The number of hydrogen-bond donors (Lipinski definition) is 3. The molecule has 5 nitrogen and oxygen atoms in total. The first kappa shape index (κ1) is 22.2. The van der Waals surface area contributed by atoms with E-state index in [-0.39, 0.29) is 6.42 Å². The number of fused-ring (bicyclic) bond motifs is 2. The highest BCUT2D eigenvalue weighted by molar-refractivity contribution is 7.81. The molecular formula is C20H32N2O3S2. The highest BCUT2D eigenvalue weighted by Crippen LogP contribution is 2.45. The van der Waals surface area contributed by atoms with E-state index in [0.29, 0.717) is 35.6 Å². The zero-order valence-electron chi connectivity index (χ0n) is 16.1. The molecule has 2 heterocycles. The fraction of sp³-hybridized carbons (Fsp3) is 0.750. The molecule has 2 aliphatic rings. The van der Waals surface area contributed by atoms with Gasteiger partial charge in [-0.2, -0.15) is 0 Å². The molecule has 4 atom stereocenters. The molecule has 2 aliphatic heterocycles. The SMILES string of the molecule is CC=CC(=S)NCC(=S)NCC1C2CCC(O2)C1CCCCCCC(=O)O. The van der Waals surface area contributed by atoms with Gasteiger partial charge in [0.2, 0.25) is 0 Å². The molecule has 2 saturated heterocycles. The van der Waals surface area contributed by atoms with Crippen LogP contribution in [0, 0.1) is 11.8 Å². The molecule has 0 amide bonds. The molecular weight excluding hydrogens is 380 g/mol. The van der Waals surface area contributed by atoms with Crippen LogP contribution in [0.15, 0.2) is 12.2 Å². The molecule has 0 aromatic rings. The second kappa shape index (κ2) is 11.7. The third-order valence-corrected chi connectivity index (χ3v) is 6.11. The summed E-state index contributed by atoms with van der Waals surface area (Å²) >= 11 is 10.6. The number of carbonyl (C=O) groups is 1. The maximum Gasteiger partial charge on any atom is 0.303 e. The van der Waals surface area contributed by atoms with E-state index in [1.165, 1.54) is 6.42 Å². The number of nitrogens with one attached hydrogen (secondary N) is 2. The van der Waals surface area contributed by atoms with Gasteiger partial charge in [0, 0.05) is 18.9 Å². The van der Waals surface area contributed by atoms with Gasteiger partial charge < -0.3 is 20.5 Å². The minimum absolute atomic E-state index is 0.284. The monoisotopic (exact) mass is 412 g/mol. The summed E-state index contributed by atoms with van der Waals surface area (Å²) in [7, 11) is 0. The first-order valence-electron chi connectivity index (χ1n) is 10.1. The van der Waals surface area contributed by atoms with Crippen LogP contribution in [0.1, 0.15) is 58.3 Å². The zero-order chi connectivity index (χ0) is 19.6. The van der Waals surface area contributed by atoms with Crippen molar-refractivity contribution in [3.8, 4) is 0 Å². The molecule has 2 bridgehead atoms. The number of carboxylic acids is 1. The Kier molecular flexibility index (Phi) is 9.65. The Labute approximate surface area is 173 Å². The predicted octanol–water partition coefficient (Wildman–Crippen LogP) is 3.62. The first-order chi connectivity index (χ1) is 13.0. The normalized spacial score (nSPS) is 26.4. The fourth-order valence-corrected chi connectivity index (χ4v) is 4.60. The van der Waals surface area contributed by atoms with Gasteiger partial charge in [-0.15, -0.1) is 0 Å². The molecule has 7 heteroatoms. The summed E-state index contributed by atoms with van der Waals surface area (Å²) < 4.78 is 6.16. The molecule has 0 aliphatic carbocycles. The van der Waals surface area contributed by atoms with Crippen molar-refractivity contribution in [1.29, 1.82) is 0 Å². The van der Waals surface area contributed by atoms with E-state index >= 15 is 0 Å². The lowest BCUT2D eigenvalue weighted by molar-refractivity contribution is -0.137. The molecule has 0 aromatic carbocycles. The molecule has 27 heavy (non-hydrogen) atoms. The Hall–Kier alpha value is -1.05. The molecule has 4 unspecified atom stereocenters. The van der Waals surface area contributed by atoms with Gasteiger partial charge in [0.25, 0.3) is 0 Å². The fourth-order valence-electron chi connectivity index (χ4n) is 4.24. The van der Waals surface area contributed by atoms with E-state index in [0.717, 1.165) is 50.1 Å². The molecule has 0 aromatic heterocycles.